The highest BCUT2D eigenvalue weighted by atomic mass is 16.4. The number of carboxylic acids is 1. The van der Waals surface area contributed by atoms with Gasteiger partial charge in [-0.3, -0.25) is 9.59 Å². The molecule has 2 atom stereocenters. The van der Waals surface area contributed by atoms with Gasteiger partial charge in [0.05, 0.1) is 5.92 Å². The van der Waals surface area contributed by atoms with Crippen LogP contribution in [0.25, 0.3) is 0 Å². The fourth-order valence-corrected chi connectivity index (χ4v) is 2.74. The van der Waals surface area contributed by atoms with Crippen molar-refractivity contribution in [3.05, 3.63) is 29.8 Å². The molecule has 1 aliphatic carbocycles. The van der Waals surface area contributed by atoms with Gasteiger partial charge in [-0.25, -0.2) is 0 Å². The number of amides is 1. The summed E-state index contributed by atoms with van der Waals surface area (Å²) in [5.41, 5.74) is 1.58. The van der Waals surface area contributed by atoms with E-state index in [-0.39, 0.29) is 17.9 Å². The lowest BCUT2D eigenvalue weighted by Gasteiger charge is -2.27. The van der Waals surface area contributed by atoms with Crippen molar-refractivity contribution in [1.29, 1.82) is 0 Å². The Hall–Kier alpha value is -2.04. The number of aliphatic carboxylic acids is 1. The summed E-state index contributed by atoms with van der Waals surface area (Å²) in [5, 5.41) is 12.1. The molecule has 1 saturated carbocycles. The van der Waals surface area contributed by atoms with Gasteiger partial charge in [-0.15, -0.1) is 0 Å². The molecule has 114 valence electrons. The summed E-state index contributed by atoms with van der Waals surface area (Å²) in [7, 11) is 3.85. The molecule has 2 unspecified atom stereocenters. The van der Waals surface area contributed by atoms with Crippen molar-refractivity contribution in [3.8, 4) is 0 Å². The quantitative estimate of drug-likeness (QED) is 0.891. The van der Waals surface area contributed by atoms with Crippen LogP contribution in [0, 0.1) is 5.92 Å². The Morgan fingerprint density at radius 1 is 1.29 bits per heavy atom. The van der Waals surface area contributed by atoms with Gasteiger partial charge < -0.3 is 15.3 Å². The monoisotopic (exact) mass is 290 g/mol. The van der Waals surface area contributed by atoms with E-state index in [1.165, 1.54) is 0 Å². The lowest BCUT2D eigenvalue weighted by molar-refractivity contribution is -0.143. The first-order chi connectivity index (χ1) is 9.97. The number of benzene rings is 1. The molecule has 0 bridgehead atoms. The van der Waals surface area contributed by atoms with Crippen LogP contribution in [-0.2, 0) is 4.79 Å². The van der Waals surface area contributed by atoms with Gasteiger partial charge in [0.15, 0.2) is 0 Å². The molecule has 0 saturated heterocycles. The number of nitrogens with zero attached hydrogens (tertiary/aromatic N) is 1. The van der Waals surface area contributed by atoms with Crippen molar-refractivity contribution >= 4 is 17.6 Å². The van der Waals surface area contributed by atoms with Crippen molar-refractivity contribution in [1.82, 2.24) is 5.32 Å². The third-order valence-electron chi connectivity index (χ3n) is 3.98. The molecule has 5 heteroatoms. The van der Waals surface area contributed by atoms with E-state index in [0.29, 0.717) is 18.4 Å². The summed E-state index contributed by atoms with van der Waals surface area (Å²) in [6.07, 6.45) is 2.93. The largest absolute Gasteiger partial charge is 0.481 e. The maximum absolute atomic E-state index is 12.3. The van der Waals surface area contributed by atoms with E-state index in [1.807, 2.05) is 37.2 Å². The predicted octanol–water partition coefficient (Wildman–Crippen LogP) is 2.13. The van der Waals surface area contributed by atoms with Gasteiger partial charge in [0, 0.05) is 31.4 Å². The summed E-state index contributed by atoms with van der Waals surface area (Å²) >= 11 is 0. The number of carbonyl (C=O) groups excluding carboxylic acids is 1. The maximum Gasteiger partial charge on any atom is 0.306 e. The second-order valence-electron chi connectivity index (χ2n) is 5.82. The van der Waals surface area contributed by atoms with Crippen LogP contribution in [0.15, 0.2) is 24.3 Å². The number of anilines is 1. The van der Waals surface area contributed by atoms with Crippen LogP contribution in [0.4, 0.5) is 5.69 Å². The van der Waals surface area contributed by atoms with E-state index >= 15 is 0 Å². The van der Waals surface area contributed by atoms with Crippen molar-refractivity contribution < 1.29 is 14.7 Å². The molecular weight excluding hydrogens is 268 g/mol. The minimum absolute atomic E-state index is 0.0460. The van der Waals surface area contributed by atoms with Crippen LogP contribution in [0.3, 0.4) is 0 Å². The smallest absolute Gasteiger partial charge is 0.306 e. The van der Waals surface area contributed by atoms with Gasteiger partial charge in [-0.2, -0.15) is 0 Å². The Bertz CT molecular complexity index is 528. The van der Waals surface area contributed by atoms with Gasteiger partial charge in [-0.1, -0.05) is 12.5 Å². The first kappa shape index (κ1) is 15.4. The molecular formula is C16H22N2O3. The van der Waals surface area contributed by atoms with Crippen LogP contribution in [0.2, 0.25) is 0 Å². The number of hydrogen-bond donors (Lipinski definition) is 2. The normalized spacial score (nSPS) is 21.6. The van der Waals surface area contributed by atoms with Crippen molar-refractivity contribution in [2.45, 2.75) is 31.7 Å². The lowest BCUT2D eigenvalue weighted by atomic mass is 9.85. The number of rotatable bonds is 4. The second-order valence-corrected chi connectivity index (χ2v) is 5.82. The zero-order valence-electron chi connectivity index (χ0n) is 12.5. The van der Waals surface area contributed by atoms with E-state index in [0.717, 1.165) is 18.5 Å². The molecule has 0 aliphatic heterocycles. The molecule has 0 spiro atoms. The average molecular weight is 290 g/mol. The van der Waals surface area contributed by atoms with E-state index < -0.39 is 5.97 Å². The molecule has 2 rings (SSSR count). The first-order valence-corrected chi connectivity index (χ1v) is 7.28. The van der Waals surface area contributed by atoms with E-state index in [1.54, 1.807) is 6.07 Å². The Balaban J connectivity index is 2.01. The van der Waals surface area contributed by atoms with E-state index in [9.17, 15) is 9.59 Å². The van der Waals surface area contributed by atoms with Crippen molar-refractivity contribution in [2.75, 3.05) is 19.0 Å². The SMILES string of the molecule is CN(C)c1cccc(C(=O)NC2CCCC(C(=O)O)C2)c1. The summed E-state index contributed by atoms with van der Waals surface area (Å²) in [6.45, 7) is 0. The van der Waals surface area contributed by atoms with Gasteiger partial charge in [0.1, 0.15) is 0 Å². The Kier molecular flexibility index (Phi) is 4.83. The van der Waals surface area contributed by atoms with Crippen LogP contribution in [0.1, 0.15) is 36.0 Å². The van der Waals surface area contributed by atoms with Crippen LogP contribution in [0.5, 0.6) is 0 Å². The number of carbonyl (C=O) groups is 2. The van der Waals surface area contributed by atoms with Crippen molar-refractivity contribution in [3.63, 3.8) is 0 Å². The Labute approximate surface area is 125 Å². The topological polar surface area (TPSA) is 69.6 Å². The number of carboxylic acid groups (broad SMARTS) is 1. The molecule has 1 amide bonds. The molecule has 5 nitrogen and oxygen atoms in total. The highest BCUT2D eigenvalue weighted by molar-refractivity contribution is 5.95. The highest BCUT2D eigenvalue weighted by Crippen LogP contribution is 2.25. The minimum atomic E-state index is -0.761. The van der Waals surface area contributed by atoms with Gasteiger partial charge in [0.2, 0.25) is 0 Å². The Morgan fingerprint density at radius 3 is 2.71 bits per heavy atom. The van der Waals surface area contributed by atoms with E-state index in [4.69, 9.17) is 5.11 Å². The molecule has 0 radical (unpaired) electrons. The zero-order valence-corrected chi connectivity index (χ0v) is 12.5. The zero-order chi connectivity index (χ0) is 15.4. The molecule has 1 fully saturated rings. The third kappa shape index (κ3) is 3.97. The number of nitrogens with one attached hydrogen (secondary N) is 1. The fraction of sp³-hybridized carbons (Fsp3) is 0.500. The maximum atomic E-state index is 12.3. The van der Waals surface area contributed by atoms with Gasteiger partial charge in [-0.05, 0) is 37.5 Å². The third-order valence-corrected chi connectivity index (χ3v) is 3.98. The molecule has 1 aromatic rings. The van der Waals surface area contributed by atoms with Gasteiger partial charge >= 0.3 is 5.97 Å². The molecule has 0 heterocycles. The van der Waals surface area contributed by atoms with Crippen molar-refractivity contribution in [2.24, 2.45) is 5.92 Å². The summed E-state index contributed by atoms with van der Waals surface area (Å²) < 4.78 is 0. The molecule has 2 N–H and O–H groups in total. The van der Waals surface area contributed by atoms with Gasteiger partial charge in [0.25, 0.3) is 5.91 Å². The van der Waals surface area contributed by atoms with Crippen LogP contribution in [-0.4, -0.2) is 37.1 Å². The molecule has 1 aromatic carbocycles. The molecule has 0 aromatic heterocycles. The summed E-state index contributed by atoms with van der Waals surface area (Å²) in [6, 6.07) is 7.37. The van der Waals surface area contributed by atoms with E-state index in [2.05, 4.69) is 5.32 Å². The summed E-state index contributed by atoms with van der Waals surface area (Å²) in [4.78, 5) is 25.3. The average Bonchev–Trinajstić information content (AvgIpc) is 2.47. The molecule has 1 aliphatic rings. The van der Waals surface area contributed by atoms with Crippen LogP contribution >= 0.6 is 0 Å². The first-order valence-electron chi connectivity index (χ1n) is 7.28. The lowest BCUT2D eigenvalue weighted by Crippen LogP contribution is -2.39. The molecule has 21 heavy (non-hydrogen) atoms. The highest BCUT2D eigenvalue weighted by Gasteiger charge is 2.27. The Morgan fingerprint density at radius 2 is 2.05 bits per heavy atom. The second kappa shape index (κ2) is 6.61. The fourth-order valence-electron chi connectivity index (χ4n) is 2.74. The minimum Gasteiger partial charge on any atom is -0.481 e. The standard InChI is InChI=1S/C16H22N2O3/c1-18(2)14-8-4-5-11(10-14)15(19)17-13-7-3-6-12(9-13)16(20)21/h4-5,8,10,12-13H,3,6-7,9H2,1-2H3,(H,17,19)(H,20,21). The summed E-state index contributed by atoms with van der Waals surface area (Å²) in [5.74, 6) is -1.23. The predicted molar refractivity (Wildman–Crippen MR) is 81.6 cm³/mol. The number of hydrogen-bond acceptors (Lipinski definition) is 3. The van der Waals surface area contributed by atoms with Crippen LogP contribution < -0.4 is 10.2 Å².